The molecule has 2 rings (SSSR count). The molecule has 1 aromatic carbocycles. The summed E-state index contributed by atoms with van der Waals surface area (Å²) in [4.78, 5) is 38.0. The number of hydrogen-bond acceptors (Lipinski definition) is 5. The number of aromatic nitrogens is 1. The Morgan fingerprint density at radius 3 is 2.38 bits per heavy atom. The van der Waals surface area contributed by atoms with Crippen LogP contribution in [0.1, 0.15) is 26.3 Å². The van der Waals surface area contributed by atoms with Crippen LogP contribution in [0.2, 0.25) is 0 Å². The van der Waals surface area contributed by atoms with Gasteiger partial charge in [-0.1, -0.05) is 6.07 Å². The van der Waals surface area contributed by atoms with E-state index in [0.29, 0.717) is 11.1 Å². The van der Waals surface area contributed by atoms with E-state index < -0.39 is 10.8 Å². The molecular formula is C16H16N4O4. The molecule has 2 N–H and O–H groups in total. The van der Waals surface area contributed by atoms with Gasteiger partial charge >= 0.3 is 0 Å². The fourth-order valence-corrected chi connectivity index (χ4v) is 2.00. The summed E-state index contributed by atoms with van der Waals surface area (Å²) >= 11 is 0. The van der Waals surface area contributed by atoms with E-state index in [0.717, 1.165) is 0 Å². The normalized spacial score (nSPS) is 10.0. The van der Waals surface area contributed by atoms with Crippen LogP contribution in [0, 0.1) is 17.0 Å². The van der Waals surface area contributed by atoms with Crippen LogP contribution < -0.4 is 10.6 Å². The number of amides is 2. The molecule has 0 atom stereocenters. The van der Waals surface area contributed by atoms with Crippen LogP contribution in [0.25, 0.3) is 0 Å². The van der Waals surface area contributed by atoms with Crippen molar-refractivity contribution < 1.29 is 14.5 Å². The molecule has 8 nitrogen and oxygen atoms in total. The predicted molar refractivity (Wildman–Crippen MR) is 86.7 cm³/mol. The molecule has 0 spiro atoms. The van der Waals surface area contributed by atoms with Crippen LogP contribution in [-0.4, -0.2) is 34.8 Å². The highest BCUT2D eigenvalue weighted by Crippen LogP contribution is 2.19. The van der Waals surface area contributed by atoms with Gasteiger partial charge in [0.05, 0.1) is 10.5 Å². The second-order valence-corrected chi connectivity index (χ2v) is 5.01. The van der Waals surface area contributed by atoms with E-state index in [-0.39, 0.29) is 30.2 Å². The SMILES string of the molecule is Cc1ccc(C(=O)NCCNC(=O)c2cccnc2)cc1[N+](=O)[O-]. The number of pyridine rings is 1. The molecule has 24 heavy (non-hydrogen) atoms. The van der Waals surface area contributed by atoms with Gasteiger partial charge in [0, 0.05) is 42.7 Å². The molecule has 1 heterocycles. The minimum atomic E-state index is -0.528. The van der Waals surface area contributed by atoms with E-state index in [1.807, 2.05) is 0 Å². The van der Waals surface area contributed by atoms with Crippen LogP contribution in [0.3, 0.4) is 0 Å². The number of nitro benzene ring substituents is 1. The second kappa shape index (κ2) is 7.82. The van der Waals surface area contributed by atoms with Crippen LogP contribution in [0.15, 0.2) is 42.7 Å². The number of nitrogens with one attached hydrogen (secondary N) is 2. The van der Waals surface area contributed by atoms with Crippen molar-refractivity contribution in [2.75, 3.05) is 13.1 Å². The minimum absolute atomic E-state index is 0.104. The Hall–Kier alpha value is -3.29. The van der Waals surface area contributed by atoms with Gasteiger partial charge in [0.2, 0.25) is 0 Å². The summed E-state index contributed by atoms with van der Waals surface area (Å²) in [7, 11) is 0. The first kappa shape index (κ1) is 17.1. The number of benzene rings is 1. The lowest BCUT2D eigenvalue weighted by Crippen LogP contribution is -2.34. The quantitative estimate of drug-likeness (QED) is 0.473. The molecule has 0 bridgehead atoms. The number of carbonyl (C=O) groups excluding carboxylic acids is 2. The number of aryl methyl sites for hydroxylation is 1. The lowest BCUT2D eigenvalue weighted by atomic mass is 10.1. The first-order valence-corrected chi connectivity index (χ1v) is 7.20. The molecule has 0 aliphatic heterocycles. The average Bonchev–Trinajstić information content (AvgIpc) is 2.59. The molecule has 0 aliphatic carbocycles. The zero-order chi connectivity index (χ0) is 17.5. The number of nitrogens with zero attached hydrogens (tertiary/aromatic N) is 2. The van der Waals surface area contributed by atoms with Crippen molar-refractivity contribution in [3.8, 4) is 0 Å². The minimum Gasteiger partial charge on any atom is -0.350 e. The first-order chi connectivity index (χ1) is 11.5. The number of nitro groups is 1. The Kier molecular flexibility index (Phi) is 5.56. The van der Waals surface area contributed by atoms with Gasteiger partial charge < -0.3 is 10.6 Å². The van der Waals surface area contributed by atoms with E-state index in [9.17, 15) is 19.7 Å². The zero-order valence-corrected chi connectivity index (χ0v) is 13.0. The maximum Gasteiger partial charge on any atom is 0.273 e. The van der Waals surface area contributed by atoms with Crippen molar-refractivity contribution in [2.24, 2.45) is 0 Å². The number of rotatable bonds is 6. The molecule has 0 saturated heterocycles. The van der Waals surface area contributed by atoms with Gasteiger partial charge in [0.1, 0.15) is 0 Å². The van der Waals surface area contributed by atoms with Gasteiger partial charge in [-0.25, -0.2) is 0 Å². The van der Waals surface area contributed by atoms with Crippen molar-refractivity contribution in [3.05, 3.63) is 69.5 Å². The van der Waals surface area contributed by atoms with Gasteiger partial charge in [-0.15, -0.1) is 0 Å². The summed E-state index contributed by atoms with van der Waals surface area (Å²) in [5, 5.41) is 16.1. The zero-order valence-electron chi connectivity index (χ0n) is 13.0. The van der Waals surface area contributed by atoms with Gasteiger partial charge in [0.25, 0.3) is 17.5 Å². The molecule has 2 aromatic rings. The topological polar surface area (TPSA) is 114 Å². The standard InChI is InChI=1S/C16H16N4O4/c1-11-4-5-12(9-14(11)20(23)24)15(21)18-7-8-19-16(22)13-3-2-6-17-10-13/h2-6,9-10H,7-8H2,1H3,(H,18,21)(H,19,22). The summed E-state index contributed by atoms with van der Waals surface area (Å²) < 4.78 is 0. The maximum absolute atomic E-state index is 12.0. The molecule has 0 saturated carbocycles. The van der Waals surface area contributed by atoms with E-state index >= 15 is 0 Å². The van der Waals surface area contributed by atoms with Crippen molar-refractivity contribution in [1.82, 2.24) is 15.6 Å². The summed E-state index contributed by atoms with van der Waals surface area (Å²) in [6.45, 7) is 2.04. The molecule has 0 radical (unpaired) electrons. The van der Waals surface area contributed by atoms with Crippen molar-refractivity contribution in [2.45, 2.75) is 6.92 Å². The maximum atomic E-state index is 12.0. The highest BCUT2D eigenvalue weighted by molar-refractivity contribution is 5.95. The van der Waals surface area contributed by atoms with E-state index in [2.05, 4.69) is 15.6 Å². The average molecular weight is 328 g/mol. The molecule has 1 aromatic heterocycles. The predicted octanol–water partition coefficient (Wildman–Crippen LogP) is 1.46. The smallest absolute Gasteiger partial charge is 0.273 e. The Morgan fingerprint density at radius 1 is 1.12 bits per heavy atom. The Labute approximate surface area is 138 Å². The van der Waals surface area contributed by atoms with E-state index in [4.69, 9.17) is 0 Å². The highest BCUT2D eigenvalue weighted by Gasteiger charge is 2.14. The Bertz CT molecular complexity index is 762. The van der Waals surface area contributed by atoms with Crippen molar-refractivity contribution >= 4 is 17.5 Å². The van der Waals surface area contributed by atoms with Crippen LogP contribution in [0.5, 0.6) is 0 Å². The van der Waals surface area contributed by atoms with Gasteiger partial charge in [-0.3, -0.25) is 24.7 Å². The van der Waals surface area contributed by atoms with Crippen LogP contribution in [0.4, 0.5) is 5.69 Å². The lowest BCUT2D eigenvalue weighted by molar-refractivity contribution is -0.385. The number of hydrogen-bond donors (Lipinski definition) is 2. The molecule has 0 fully saturated rings. The summed E-state index contributed by atoms with van der Waals surface area (Å²) in [6, 6.07) is 7.56. The molecular weight excluding hydrogens is 312 g/mol. The highest BCUT2D eigenvalue weighted by atomic mass is 16.6. The van der Waals surface area contributed by atoms with Gasteiger partial charge in [-0.05, 0) is 25.1 Å². The number of carbonyl (C=O) groups is 2. The third-order valence-corrected chi connectivity index (χ3v) is 3.29. The lowest BCUT2D eigenvalue weighted by Gasteiger charge is -2.07. The first-order valence-electron chi connectivity index (χ1n) is 7.20. The van der Waals surface area contributed by atoms with Gasteiger partial charge in [-0.2, -0.15) is 0 Å². The monoisotopic (exact) mass is 328 g/mol. The fourth-order valence-electron chi connectivity index (χ4n) is 2.00. The van der Waals surface area contributed by atoms with Crippen molar-refractivity contribution in [1.29, 1.82) is 0 Å². The Balaban J connectivity index is 1.84. The van der Waals surface area contributed by atoms with Gasteiger partial charge in [0.15, 0.2) is 0 Å². The van der Waals surface area contributed by atoms with Crippen LogP contribution in [-0.2, 0) is 0 Å². The molecule has 124 valence electrons. The largest absolute Gasteiger partial charge is 0.350 e. The third kappa shape index (κ3) is 4.35. The van der Waals surface area contributed by atoms with Crippen molar-refractivity contribution in [3.63, 3.8) is 0 Å². The van der Waals surface area contributed by atoms with E-state index in [1.165, 1.54) is 24.4 Å². The van der Waals surface area contributed by atoms with Crippen LogP contribution >= 0.6 is 0 Å². The summed E-state index contributed by atoms with van der Waals surface area (Å²) in [5.74, 6) is -0.725. The molecule has 8 heteroatoms. The Morgan fingerprint density at radius 2 is 1.79 bits per heavy atom. The summed E-state index contributed by atoms with van der Waals surface area (Å²) in [6.07, 6.45) is 3.01. The third-order valence-electron chi connectivity index (χ3n) is 3.29. The second-order valence-electron chi connectivity index (χ2n) is 5.01. The molecule has 2 amide bonds. The summed E-state index contributed by atoms with van der Waals surface area (Å²) in [5.41, 5.74) is 1.01. The van der Waals surface area contributed by atoms with E-state index in [1.54, 1.807) is 25.3 Å². The molecule has 0 unspecified atom stereocenters. The molecule has 0 aliphatic rings. The fraction of sp³-hybridized carbons (Fsp3) is 0.188.